The van der Waals surface area contributed by atoms with Gasteiger partial charge in [0, 0.05) is 12.1 Å². The van der Waals surface area contributed by atoms with Crippen molar-refractivity contribution in [2.45, 2.75) is 18.0 Å². The Morgan fingerprint density at radius 2 is 1.89 bits per heavy atom. The van der Waals surface area contributed by atoms with E-state index in [1.165, 1.54) is 25.1 Å². The second kappa shape index (κ2) is 7.39. The van der Waals surface area contributed by atoms with E-state index < -0.39 is 32.4 Å². The third-order valence-electron chi connectivity index (χ3n) is 3.71. The van der Waals surface area contributed by atoms with Gasteiger partial charge in [0.2, 0.25) is 0 Å². The molecule has 0 aromatic heterocycles. The zero-order chi connectivity index (χ0) is 20.4. The van der Waals surface area contributed by atoms with Crippen LogP contribution in [0.4, 0.5) is 24.5 Å². The summed E-state index contributed by atoms with van der Waals surface area (Å²) in [5.74, 6) is 0. The highest BCUT2D eigenvalue weighted by Crippen LogP contribution is 2.34. The van der Waals surface area contributed by atoms with Crippen LogP contribution in [0.15, 0.2) is 60.0 Å². The Kier molecular flexibility index (Phi) is 5.59. The normalized spacial score (nSPS) is 11.9. The molecule has 2 aromatic rings. The van der Waals surface area contributed by atoms with Crippen molar-refractivity contribution in [2.75, 3.05) is 10.8 Å². The number of halogens is 3. The van der Waals surface area contributed by atoms with Gasteiger partial charge in [0.15, 0.2) is 0 Å². The highest BCUT2D eigenvalue weighted by Gasteiger charge is 2.33. The van der Waals surface area contributed by atoms with Gasteiger partial charge in [0.1, 0.15) is 0 Å². The molecule has 2 aromatic carbocycles. The van der Waals surface area contributed by atoms with E-state index in [-0.39, 0.29) is 22.7 Å². The van der Waals surface area contributed by atoms with Crippen LogP contribution in [-0.2, 0) is 16.2 Å². The molecule has 0 aliphatic rings. The van der Waals surface area contributed by atoms with Crippen LogP contribution in [0.3, 0.4) is 0 Å². The Morgan fingerprint density at radius 3 is 2.44 bits per heavy atom. The lowest BCUT2D eigenvalue weighted by atomic mass is 10.2. The molecule has 0 unspecified atom stereocenters. The second-order valence-corrected chi connectivity index (χ2v) is 7.41. The first kappa shape index (κ1) is 20.4. The average Bonchev–Trinajstić information content (AvgIpc) is 2.58. The molecule has 0 bridgehead atoms. The molecule has 0 atom stereocenters. The largest absolute Gasteiger partial charge is 0.416 e. The molecule has 0 heterocycles. The van der Waals surface area contributed by atoms with Gasteiger partial charge in [-0.3, -0.25) is 14.4 Å². The van der Waals surface area contributed by atoms with Crippen LogP contribution in [0.2, 0.25) is 0 Å². The van der Waals surface area contributed by atoms with Crippen LogP contribution in [0.1, 0.15) is 11.1 Å². The van der Waals surface area contributed by atoms with Gasteiger partial charge in [-0.15, -0.1) is 6.58 Å². The summed E-state index contributed by atoms with van der Waals surface area (Å²) in [6.07, 6.45) is -3.44. The maximum Gasteiger partial charge on any atom is 0.416 e. The number of hydrogen-bond acceptors (Lipinski definition) is 4. The zero-order valence-electron chi connectivity index (χ0n) is 14.1. The van der Waals surface area contributed by atoms with Crippen molar-refractivity contribution in [2.24, 2.45) is 0 Å². The number of aryl methyl sites for hydroxylation is 1. The summed E-state index contributed by atoms with van der Waals surface area (Å²) in [5, 5.41) is 11.0. The standard InChI is InChI=1S/C17H15F3N2O4S/c1-3-9-21(14-6-4-5-13(10-14)17(18,19)20)27(25,26)16-11-15(22(23)24)8-7-12(16)2/h3-8,10-11H,1,9H2,2H3. The van der Waals surface area contributed by atoms with Crippen molar-refractivity contribution in [3.8, 4) is 0 Å². The average molecular weight is 400 g/mol. The van der Waals surface area contributed by atoms with E-state index in [1.807, 2.05) is 0 Å². The van der Waals surface area contributed by atoms with Gasteiger partial charge < -0.3 is 0 Å². The summed E-state index contributed by atoms with van der Waals surface area (Å²) in [6, 6.07) is 7.12. The van der Waals surface area contributed by atoms with Crippen molar-refractivity contribution in [1.82, 2.24) is 0 Å². The molecule has 144 valence electrons. The first-order valence-corrected chi connectivity index (χ1v) is 8.98. The molecule has 10 heteroatoms. The number of non-ortho nitro benzene ring substituents is 1. The molecule has 0 aliphatic carbocycles. The molecule has 0 aliphatic heterocycles. The Labute approximate surface area is 153 Å². The van der Waals surface area contributed by atoms with Crippen molar-refractivity contribution in [1.29, 1.82) is 0 Å². The van der Waals surface area contributed by atoms with E-state index in [1.54, 1.807) is 0 Å². The van der Waals surface area contributed by atoms with E-state index >= 15 is 0 Å². The minimum Gasteiger partial charge on any atom is -0.263 e. The Hall–Kier alpha value is -2.88. The van der Waals surface area contributed by atoms with Gasteiger partial charge in [-0.2, -0.15) is 13.2 Å². The molecule has 0 fully saturated rings. The van der Waals surface area contributed by atoms with Crippen LogP contribution in [0.25, 0.3) is 0 Å². The third-order valence-corrected chi connectivity index (χ3v) is 5.64. The second-order valence-electron chi connectivity index (χ2n) is 5.58. The first-order chi connectivity index (χ1) is 12.5. The zero-order valence-corrected chi connectivity index (χ0v) is 14.9. The van der Waals surface area contributed by atoms with E-state index in [0.29, 0.717) is 6.07 Å². The van der Waals surface area contributed by atoms with Crippen LogP contribution in [0, 0.1) is 17.0 Å². The first-order valence-electron chi connectivity index (χ1n) is 7.54. The molecule has 6 nitrogen and oxygen atoms in total. The molecule has 0 amide bonds. The summed E-state index contributed by atoms with van der Waals surface area (Å²) in [6.45, 7) is 4.56. The minimum absolute atomic E-state index is 0.224. The lowest BCUT2D eigenvalue weighted by Crippen LogP contribution is -2.32. The Bertz CT molecular complexity index is 988. The SMILES string of the molecule is C=CCN(c1cccc(C(F)(F)F)c1)S(=O)(=O)c1cc([N+](=O)[O-])ccc1C. The van der Waals surface area contributed by atoms with Gasteiger partial charge in [-0.05, 0) is 30.7 Å². The van der Waals surface area contributed by atoms with E-state index in [2.05, 4.69) is 6.58 Å². The summed E-state index contributed by atoms with van der Waals surface area (Å²) >= 11 is 0. The maximum absolute atomic E-state index is 13.1. The van der Waals surface area contributed by atoms with Crippen LogP contribution >= 0.6 is 0 Å². The van der Waals surface area contributed by atoms with E-state index in [9.17, 15) is 31.7 Å². The molecule has 27 heavy (non-hydrogen) atoms. The van der Waals surface area contributed by atoms with Crippen LogP contribution < -0.4 is 4.31 Å². The molecule has 0 saturated heterocycles. The molecule has 0 radical (unpaired) electrons. The highest BCUT2D eigenvalue weighted by molar-refractivity contribution is 7.92. The Balaban J connectivity index is 2.65. The van der Waals surface area contributed by atoms with Gasteiger partial charge in [0.25, 0.3) is 15.7 Å². The van der Waals surface area contributed by atoms with Crippen LogP contribution in [-0.4, -0.2) is 19.9 Å². The number of benzene rings is 2. The fourth-order valence-corrected chi connectivity index (χ4v) is 4.07. The molecule has 0 spiro atoms. The number of rotatable bonds is 6. The molecular weight excluding hydrogens is 385 g/mol. The maximum atomic E-state index is 13.1. The predicted octanol–water partition coefficient (Wildman–Crippen LogP) is 4.30. The number of nitrogens with zero attached hydrogens (tertiary/aromatic N) is 2. The van der Waals surface area contributed by atoms with Crippen LogP contribution in [0.5, 0.6) is 0 Å². The minimum atomic E-state index is -4.65. The summed E-state index contributed by atoms with van der Waals surface area (Å²) in [5.41, 5.74) is -1.46. The monoisotopic (exact) mass is 400 g/mol. The highest BCUT2D eigenvalue weighted by atomic mass is 32.2. The topological polar surface area (TPSA) is 80.5 Å². The van der Waals surface area contributed by atoms with Gasteiger partial charge in [0.05, 0.1) is 27.6 Å². The fourth-order valence-electron chi connectivity index (χ4n) is 2.40. The number of alkyl halides is 3. The number of nitro benzene ring substituents is 1. The summed E-state index contributed by atoms with van der Waals surface area (Å²) in [7, 11) is -4.37. The third kappa shape index (κ3) is 4.27. The number of hydrogen-bond donors (Lipinski definition) is 0. The van der Waals surface area contributed by atoms with Crippen molar-refractivity contribution in [3.63, 3.8) is 0 Å². The van der Waals surface area contributed by atoms with Crippen molar-refractivity contribution in [3.05, 3.63) is 76.4 Å². The molecule has 0 N–H and O–H groups in total. The number of anilines is 1. The molecule has 2 rings (SSSR count). The summed E-state index contributed by atoms with van der Waals surface area (Å²) in [4.78, 5) is 9.85. The molecular formula is C17H15F3N2O4S. The molecule has 0 saturated carbocycles. The number of nitro groups is 1. The number of sulfonamides is 1. The summed E-state index contributed by atoms with van der Waals surface area (Å²) < 4.78 is 65.8. The smallest absolute Gasteiger partial charge is 0.263 e. The quantitative estimate of drug-likeness (QED) is 0.411. The van der Waals surface area contributed by atoms with Gasteiger partial charge in [-0.1, -0.05) is 18.2 Å². The van der Waals surface area contributed by atoms with E-state index in [4.69, 9.17) is 0 Å². The Morgan fingerprint density at radius 1 is 1.22 bits per heavy atom. The van der Waals surface area contributed by atoms with Gasteiger partial charge in [-0.25, -0.2) is 8.42 Å². The fraction of sp³-hybridized carbons (Fsp3) is 0.176. The van der Waals surface area contributed by atoms with Crippen molar-refractivity contribution < 1.29 is 26.5 Å². The predicted molar refractivity (Wildman–Crippen MR) is 94.0 cm³/mol. The lowest BCUT2D eigenvalue weighted by Gasteiger charge is -2.24. The van der Waals surface area contributed by atoms with Crippen molar-refractivity contribution >= 4 is 21.4 Å². The lowest BCUT2D eigenvalue weighted by molar-refractivity contribution is -0.385. The van der Waals surface area contributed by atoms with E-state index in [0.717, 1.165) is 28.6 Å². The van der Waals surface area contributed by atoms with Gasteiger partial charge >= 0.3 is 6.18 Å².